The average molecular weight is 298 g/mol. The van der Waals surface area contributed by atoms with E-state index in [1.807, 2.05) is 20.8 Å². The first-order chi connectivity index (χ1) is 9.83. The predicted molar refractivity (Wildman–Crippen MR) is 82.4 cm³/mol. The minimum absolute atomic E-state index is 0.194. The minimum Gasteiger partial charge on any atom is -0.444 e. The molecule has 0 aromatic heterocycles. The number of carbonyl (C=O) groups excluding carboxylic acids is 1. The van der Waals surface area contributed by atoms with E-state index in [-0.39, 0.29) is 12.2 Å². The van der Waals surface area contributed by atoms with Crippen LogP contribution in [0.5, 0.6) is 0 Å². The van der Waals surface area contributed by atoms with Crippen molar-refractivity contribution in [3.8, 4) is 0 Å². The summed E-state index contributed by atoms with van der Waals surface area (Å²) in [6, 6.07) is 0. The van der Waals surface area contributed by atoms with Crippen LogP contribution in [0, 0.1) is 5.92 Å². The zero-order valence-corrected chi connectivity index (χ0v) is 13.9. The summed E-state index contributed by atoms with van der Waals surface area (Å²) in [7, 11) is 0. The Labute approximate surface area is 128 Å². The van der Waals surface area contributed by atoms with Gasteiger partial charge in [-0.1, -0.05) is 0 Å². The third-order valence-corrected chi connectivity index (χ3v) is 3.85. The molecule has 0 unspecified atom stereocenters. The summed E-state index contributed by atoms with van der Waals surface area (Å²) in [5, 5.41) is 0. The Bertz CT molecular complexity index is 342. The van der Waals surface area contributed by atoms with Crippen molar-refractivity contribution in [2.45, 2.75) is 52.2 Å². The van der Waals surface area contributed by atoms with Crippen LogP contribution >= 0.6 is 0 Å². The first-order valence-electron chi connectivity index (χ1n) is 8.15. The SMILES string of the molecule is C[C@H](CN1CCN(C(=O)OC(C)(C)C)CC1)OCC1CC1. The summed E-state index contributed by atoms with van der Waals surface area (Å²) in [5.41, 5.74) is -0.417. The number of rotatable bonds is 5. The fourth-order valence-electron chi connectivity index (χ4n) is 2.44. The van der Waals surface area contributed by atoms with Crippen molar-refractivity contribution in [1.29, 1.82) is 0 Å². The highest BCUT2D eigenvalue weighted by Crippen LogP contribution is 2.29. The molecule has 2 fully saturated rings. The van der Waals surface area contributed by atoms with Crippen molar-refractivity contribution in [3.05, 3.63) is 0 Å². The van der Waals surface area contributed by atoms with Crippen LogP contribution < -0.4 is 0 Å². The zero-order chi connectivity index (χ0) is 15.5. The van der Waals surface area contributed by atoms with Gasteiger partial charge in [-0.3, -0.25) is 4.90 Å². The van der Waals surface area contributed by atoms with Gasteiger partial charge in [0.15, 0.2) is 0 Å². The maximum atomic E-state index is 12.0. The van der Waals surface area contributed by atoms with E-state index in [1.165, 1.54) is 12.8 Å². The lowest BCUT2D eigenvalue weighted by molar-refractivity contribution is 0.000696. The lowest BCUT2D eigenvalue weighted by Crippen LogP contribution is -2.51. The fraction of sp³-hybridized carbons (Fsp3) is 0.938. The molecule has 0 radical (unpaired) electrons. The van der Waals surface area contributed by atoms with Gasteiger partial charge in [-0.25, -0.2) is 4.79 Å². The van der Waals surface area contributed by atoms with Crippen molar-refractivity contribution < 1.29 is 14.3 Å². The van der Waals surface area contributed by atoms with E-state index in [0.29, 0.717) is 0 Å². The van der Waals surface area contributed by atoms with Crippen LogP contribution in [0.3, 0.4) is 0 Å². The molecule has 0 N–H and O–H groups in total. The molecule has 0 aromatic carbocycles. The minimum atomic E-state index is -0.417. The van der Waals surface area contributed by atoms with E-state index < -0.39 is 5.60 Å². The Balaban J connectivity index is 1.64. The molecule has 1 aliphatic carbocycles. The topological polar surface area (TPSA) is 42.0 Å². The van der Waals surface area contributed by atoms with Crippen LogP contribution in [-0.2, 0) is 9.47 Å². The number of hydrogen-bond acceptors (Lipinski definition) is 4. The Morgan fingerprint density at radius 1 is 1.19 bits per heavy atom. The molecule has 1 heterocycles. The molecule has 1 atom stereocenters. The van der Waals surface area contributed by atoms with E-state index in [0.717, 1.165) is 45.2 Å². The van der Waals surface area contributed by atoms with Crippen LogP contribution in [0.15, 0.2) is 0 Å². The van der Waals surface area contributed by atoms with Crippen molar-refractivity contribution in [1.82, 2.24) is 9.80 Å². The summed E-state index contributed by atoms with van der Waals surface area (Å²) in [5.74, 6) is 0.816. The molecular weight excluding hydrogens is 268 g/mol. The van der Waals surface area contributed by atoms with Gasteiger partial charge in [0.1, 0.15) is 5.60 Å². The van der Waals surface area contributed by atoms with E-state index in [1.54, 1.807) is 4.90 Å². The molecule has 1 aliphatic heterocycles. The second kappa shape index (κ2) is 6.97. The molecule has 122 valence electrons. The average Bonchev–Trinajstić information content (AvgIpc) is 3.19. The number of ether oxygens (including phenoxy) is 2. The van der Waals surface area contributed by atoms with Crippen molar-refractivity contribution in [2.75, 3.05) is 39.3 Å². The number of amides is 1. The summed E-state index contributed by atoms with van der Waals surface area (Å²) in [6.07, 6.45) is 2.75. The summed E-state index contributed by atoms with van der Waals surface area (Å²) in [6.45, 7) is 13.0. The highest BCUT2D eigenvalue weighted by molar-refractivity contribution is 5.68. The number of nitrogens with zero attached hydrogens (tertiary/aromatic N) is 2. The van der Waals surface area contributed by atoms with Gasteiger partial charge < -0.3 is 14.4 Å². The fourth-order valence-corrected chi connectivity index (χ4v) is 2.44. The van der Waals surface area contributed by atoms with Crippen molar-refractivity contribution in [2.24, 2.45) is 5.92 Å². The molecule has 21 heavy (non-hydrogen) atoms. The normalized spacial score (nSPS) is 22.2. The molecule has 2 rings (SSSR count). The molecule has 1 saturated heterocycles. The van der Waals surface area contributed by atoms with Crippen LogP contribution in [0.25, 0.3) is 0 Å². The molecule has 1 amide bonds. The van der Waals surface area contributed by atoms with Crippen LogP contribution in [0.4, 0.5) is 4.79 Å². The molecular formula is C16H30N2O3. The van der Waals surface area contributed by atoms with Gasteiger partial charge in [0.05, 0.1) is 6.10 Å². The zero-order valence-electron chi connectivity index (χ0n) is 13.9. The van der Waals surface area contributed by atoms with Crippen molar-refractivity contribution in [3.63, 3.8) is 0 Å². The number of carbonyl (C=O) groups is 1. The highest BCUT2D eigenvalue weighted by Gasteiger charge is 2.27. The smallest absolute Gasteiger partial charge is 0.410 e. The third kappa shape index (κ3) is 6.22. The lowest BCUT2D eigenvalue weighted by atomic mass is 10.2. The first kappa shape index (κ1) is 16.6. The van der Waals surface area contributed by atoms with Gasteiger partial charge in [0.2, 0.25) is 0 Å². The standard InChI is InChI=1S/C16H30N2O3/c1-13(20-12-14-5-6-14)11-17-7-9-18(10-8-17)15(19)21-16(2,3)4/h13-14H,5-12H2,1-4H3/t13-/m1/s1. The quantitative estimate of drug-likeness (QED) is 0.781. The largest absolute Gasteiger partial charge is 0.444 e. The lowest BCUT2D eigenvalue weighted by Gasteiger charge is -2.36. The Hall–Kier alpha value is -0.810. The Morgan fingerprint density at radius 3 is 2.33 bits per heavy atom. The molecule has 5 nitrogen and oxygen atoms in total. The molecule has 0 aromatic rings. The van der Waals surface area contributed by atoms with Gasteiger partial charge in [-0.15, -0.1) is 0 Å². The van der Waals surface area contributed by atoms with E-state index in [9.17, 15) is 4.79 Å². The highest BCUT2D eigenvalue weighted by atomic mass is 16.6. The summed E-state index contributed by atoms with van der Waals surface area (Å²) < 4.78 is 11.3. The summed E-state index contributed by atoms with van der Waals surface area (Å²) in [4.78, 5) is 16.2. The Kier molecular flexibility index (Phi) is 5.49. The third-order valence-electron chi connectivity index (χ3n) is 3.85. The number of hydrogen-bond donors (Lipinski definition) is 0. The van der Waals surface area contributed by atoms with E-state index >= 15 is 0 Å². The van der Waals surface area contributed by atoms with Crippen LogP contribution in [0.1, 0.15) is 40.5 Å². The number of piperazine rings is 1. The van der Waals surface area contributed by atoms with Gasteiger partial charge in [-0.2, -0.15) is 0 Å². The molecule has 0 bridgehead atoms. The maximum Gasteiger partial charge on any atom is 0.410 e. The summed E-state index contributed by atoms with van der Waals surface area (Å²) >= 11 is 0. The van der Waals surface area contributed by atoms with Gasteiger partial charge >= 0.3 is 6.09 Å². The van der Waals surface area contributed by atoms with E-state index in [4.69, 9.17) is 9.47 Å². The predicted octanol–water partition coefficient (Wildman–Crippen LogP) is 2.35. The van der Waals surface area contributed by atoms with Gasteiger partial charge in [-0.05, 0) is 46.5 Å². The molecule has 2 aliphatic rings. The van der Waals surface area contributed by atoms with Crippen LogP contribution in [-0.4, -0.2) is 66.9 Å². The van der Waals surface area contributed by atoms with Crippen LogP contribution in [0.2, 0.25) is 0 Å². The first-order valence-corrected chi connectivity index (χ1v) is 8.15. The van der Waals surface area contributed by atoms with Gasteiger partial charge in [0.25, 0.3) is 0 Å². The maximum absolute atomic E-state index is 12.0. The van der Waals surface area contributed by atoms with Gasteiger partial charge in [0, 0.05) is 39.3 Å². The van der Waals surface area contributed by atoms with Crippen molar-refractivity contribution >= 4 is 6.09 Å². The van der Waals surface area contributed by atoms with E-state index in [2.05, 4.69) is 11.8 Å². The molecule has 5 heteroatoms. The second-order valence-corrected chi connectivity index (χ2v) is 7.36. The Morgan fingerprint density at radius 2 is 1.81 bits per heavy atom. The molecule has 1 saturated carbocycles. The molecule has 0 spiro atoms. The monoisotopic (exact) mass is 298 g/mol. The second-order valence-electron chi connectivity index (χ2n) is 7.36.